The van der Waals surface area contributed by atoms with Gasteiger partial charge in [-0.2, -0.15) is 0 Å². The normalized spacial score (nSPS) is 12.0. The molecule has 0 fully saturated rings. The van der Waals surface area contributed by atoms with Crippen LogP contribution in [-0.4, -0.2) is 66.2 Å². The predicted molar refractivity (Wildman–Crippen MR) is 126 cm³/mol. The smallest absolute Gasteiger partial charge is 0.141 e. The Labute approximate surface area is 221 Å². The van der Waals surface area contributed by atoms with Crippen LogP contribution in [0.3, 0.4) is 0 Å². The van der Waals surface area contributed by atoms with Crippen LogP contribution in [-0.2, 0) is 16.3 Å². The van der Waals surface area contributed by atoms with E-state index in [2.05, 4.69) is 48.3 Å². The van der Waals surface area contributed by atoms with Gasteiger partial charge in [0.2, 0.25) is 0 Å². The third-order valence-corrected chi connectivity index (χ3v) is 6.57. The van der Waals surface area contributed by atoms with E-state index in [9.17, 15) is 0 Å². The molecule has 7 heteroatoms. The Morgan fingerprint density at radius 3 is 1.89 bits per heavy atom. The summed E-state index contributed by atoms with van der Waals surface area (Å²) in [6.45, 7) is -1.17. The summed E-state index contributed by atoms with van der Waals surface area (Å²) < 4.78 is 6.01. The van der Waals surface area contributed by atoms with Crippen LogP contribution in [0.2, 0.25) is 5.02 Å². The summed E-state index contributed by atoms with van der Waals surface area (Å²) in [7, 11) is 2.09. The van der Waals surface area contributed by atoms with Gasteiger partial charge < -0.3 is 9.42 Å². The summed E-state index contributed by atoms with van der Waals surface area (Å²) in [4.78, 5) is 2.21. The average Bonchev–Trinajstić information content (AvgIpc) is 2.68. The van der Waals surface area contributed by atoms with Gasteiger partial charge in [-0.3, -0.25) is 0 Å². The van der Waals surface area contributed by atoms with E-state index in [4.69, 9.17) is 27.9 Å². The molecule has 4 rings (SSSR count). The molecule has 0 aromatic heterocycles. The van der Waals surface area contributed by atoms with Crippen molar-refractivity contribution in [1.82, 2.24) is 0 Å². The first-order chi connectivity index (χ1) is 12.6. The minimum atomic E-state index is -1.17. The molecule has 131 valence electrons. The monoisotopic (exact) mass is 442 g/mol. The van der Waals surface area contributed by atoms with Crippen molar-refractivity contribution in [3.63, 3.8) is 0 Å². The summed E-state index contributed by atoms with van der Waals surface area (Å²) in [5.74, 6) is 0. The van der Waals surface area contributed by atoms with Crippen molar-refractivity contribution in [2.45, 2.75) is 0 Å². The topological polar surface area (TPSA) is 12.5 Å². The molecule has 1 heterocycles. The number of anilines is 2. The van der Waals surface area contributed by atoms with Crippen molar-refractivity contribution in [2.75, 3.05) is 11.9 Å². The quantitative estimate of drug-likeness (QED) is 0.312. The maximum absolute atomic E-state index is 6.01. The molecule has 0 N–H and O–H groups in total. The van der Waals surface area contributed by atoms with Gasteiger partial charge in [-0.05, 0) is 48.2 Å². The van der Waals surface area contributed by atoms with Crippen molar-refractivity contribution in [3.8, 4) is 0 Å². The Bertz CT molecular complexity index is 977. The third-order valence-electron chi connectivity index (χ3n) is 4.41. The van der Waals surface area contributed by atoms with Gasteiger partial charge in [-0.25, -0.2) is 0 Å². The maximum atomic E-state index is 6.01. The van der Waals surface area contributed by atoms with Gasteiger partial charge in [0, 0.05) is 105 Å². The Balaban J connectivity index is 0.00000140. The Morgan fingerprint density at radius 1 is 0.857 bits per heavy atom. The first kappa shape index (κ1) is 24.1. The van der Waals surface area contributed by atoms with E-state index < -0.39 is 6.92 Å². The number of rotatable bonds is 3. The Hall–Kier alpha value is -0.190. The first-order valence-corrected chi connectivity index (χ1v) is 10.8. The van der Waals surface area contributed by atoms with Crippen LogP contribution in [0.5, 0.6) is 0 Å². The van der Waals surface area contributed by atoms with Crippen LogP contribution < -0.4 is 10.2 Å². The van der Waals surface area contributed by atoms with Crippen LogP contribution in [0, 0.1) is 0 Å². The van der Waals surface area contributed by atoms with Crippen LogP contribution in [0.25, 0.3) is 5.57 Å². The van der Waals surface area contributed by atoms with E-state index in [1.54, 1.807) is 0 Å². The van der Waals surface area contributed by atoms with E-state index in [0.29, 0.717) is 5.02 Å². The second kappa shape index (κ2) is 10.7. The van der Waals surface area contributed by atoms with Crippen LogP contribution in [0.15, 0.2) is 79.1 Å². The third kappa shape index (κ3) is 4.92. The summed E-state index contributed by atoms with van der Waals surface area (Å²) in [6.07, 6.45) is 1.82. The molecule has 1 aliphatic heterocycles. The molecule has 1 atom stereocenters. The number of para-hydroxylation sites is 2. The average molecular weight is 443 g/mol. The number of hydrogen-bond donors (Lipinski definition) is 0. The summed E-state index contributed by atoms with van der Waals surface area (Å²) in [5.41, 5.74) is 5.65. The van der Waals surface area contributed by atoms with E-state index in [1.807, 2.05) is 42.7 Å². The molecule has 0 saturated carbocycles. The molecule has 0 bridgehead atoms. The first-order valence-electron chi connectivity index (χ1n) is 8.17. The SMILES string of the molecule is CN1c2ccccc2C(=CO[P](=S)c2ccc(Cl)cc2)c2ccccc21.[Na].[Na]. The summed E-state index contributed by atoms with van der Waals surface area (Å²) in [5, 5.41) is 1.68. The van der Waals surface area contributed by atoms with Crippen LogP contribution >= 0.6 is 18.5 Å². The van der Waals surface area contributed by atoms with Gasteiger partial charge >= 0.3 is 0 Å². The molecule has 0 amide bonds. The standard InChI is InChI=1S/C21H16ClNOPS.2Na/c1-23-20-8-4-2-6-17(20)19(18-7-3-5-9-21(18)23)14-24-25(26)16-12-10-15(22)11-13-16;;/h2-14H,1H3;;. The predicted octanol–water partition coefficient (Wildman–Crippen LogP) is 5.25. The molecule has 1 unspecified atom stereocenters. The zero-order valence-corrected chi connectivity index (χ0v) is 22.6. The van der Waals surface area contributed by atoms with Crippen molar-refractivity contribution in [2.24, 2.45) is 0 Å². The largest absolute Gasteiger partial charge is 0.442 e. The van der Waals surface area contributed by atoms with Crippen molar-refractivity contribution < 1.29 is 4.52 Å². The molecule has 0 saturated heterocycles. The van der Waals surface area contributed by atoms with Gasteiger partial charge in [-0.15, -0.1) is 0 Å². The van der Waals surface area contributed by atoms with Crippen LogP contribution in [0.4, 0.5) is 11.4 Å². The number of nitrogens with zero attached hydrogens (tertiary/aromatic N) is 1. The fourth-order valence-corrected chi connectivity index (χ4v) is 4.45. The summed E-state index contributed by atoms with van der Waals surface area (Å²) in [6, 6.07) is 24.2. The minimum Gasteiger partial charge on any atom is -0.442 e. The second-order valence-corrected chi connectivity index (χ2v) is 8.64. The fourth-order valence-electron chi connectivity index (χ4n) is 3.11. The van der Waals surface area contributed by atoms with Gasteiger partial charge in [0.15, 0.2) is 0 Å². The molecule has 0 aliphatic carbocycles. The minimum absolute atomic E-state index is 0. The Morgan fingerprint density at radius 2 is 1.36 bits per heavy atom. The van der Waals surface area contributed by atoms with E-state index in [0.717, 1.165) is 33.4 Å². The molecule has 1 aliphatic rings. The zero-order chi connectivity index (χ0) is 18.1. The number of hydrogen-bond acceptors (Lipinski definition) is 3. The molecule has 3 aromatic carbocycles. The van der Waals surface area contributed by atoms with Crippen molar-refractivity contribution in [1.29, 1.82) is 0 Å². The van der Waals surface area contributed by atoms with Gasteiger partial charge in [0.1, 0.15) is 13.2 Å². The molecule has 3 radical (unpaired) electrons. The number of fused-ring (bicyclic) bond motifs is 2. The molecular formula is C21H16ClNNa2OPS. The molecule has 0 spiro atoms. The molecule has 3 aromatic rings. The van der Waals surface area contributed by atoms with E-state index in [-0.39, 0.29) is 59.1 Å². The summed E-state index contributed by atoms with van der Waals surface area (Å²) >= 11 is 11.5. The number of benzene rings is 3. The zero-order valence-electron chi connectivity index (χ0n) is 16.1. The van der Waals surface area contributed by atoms with Crippen LogP contribution in [0.1, 0.15) is 11.1 Å². The maximum Gasteiger partial charge on any atom is 0.141 e. The molecule has 28 heavy (non-hydrogen) atoms. The Kier molecular flexibility index (Phi) is 9.22. The molecular weight excluding hydrogens is 427 g/mol. The second-order valence-electron chi connectivity index (χ2n) is 5.96. The fraction of sp³-hybridized carbons (Fsp3) is 0.0476. The van der Waals surface area contributed by atoms with Gasteiger partial charge in [0.05, 0.1) is 0 Å². The number of halogens is 1. The van der Waals surface area contributed by atoms with E-state index >= 15 is 0 Å². The van der Waals surface area contributed by atoms with Gasteiger partial charge in [-0.1, -0.05) is 48.0 Å². The van der Waals surface area contributed by atoms with Crippen molar-refractivity contribution >= 4 is 112 Å². The van der Waals surface area contributed by atoms with E-state index in [1.165, 1.54) is 0 Å². The van der Waals surface area contributed by atoms with Crippen molar-refractivity contribution in [3.05, 3.63) is 95.2 Å². The van der Waals surface area contributed by atoms with Gasteiger partial charge in [0.25, 0.3) is 0 Å². The molecule has 2 nitrogen and oxygen atoms in total.